The first kappa shape index (κ1) is 42.2. The number of ether oxygens (including phenoxy) is 2. The minimum Gasteiger partial charge on any atom is -0.376 e. The van der Waals surface area contributed by atoms with E-state index in [4.69, 9.17) is 40.9 Å². The van der Waals surface area contributed by atoms with Gasteiger partial charge < -0.3 is 40.5 Å². The first-order valence-corrected chi connectivity index (χ1v) is 23.5. The molecule has 4 N–H and O–H groups in total. The Balaban J connectivity index is 0.000000144. The summed E-state index contributed by atoms with van der Waals surface area (Å²) in [5.74, 6) is 3.01. The fourth-order valence-corrected chi connectivity index (χ4v) is 11.8. The third-order valence-electron chi connectivity index (χ3n) is 16.1. The molecule has 4 saturated heterocycles. The lowest BCUT2D eigenvalue weighted by atomic mass is 9.73. The number of hydrogen-bond acceptors (Lipinski definition) is 15. The Labute approximate surface area is 379 Å². The summed E-state index contributed by atoms with van der Waals surface area (Å²) in [6.07, 6.45) is 7.67. The Bertz CT molecular complexity index is 2710. The second-order valence-corrected chi connectivity index (χ2v) is 19.6. The quantitative estimate of drug-likeness (QED) is 0.299. The second-order valence-electron chi connectivity index (χ2n) is 19.6. The molecule has 0 radical (unpaired) electrons. The summed E-state index contributed by atoms with van der Waals surface area (Å²) in [4.78, 5) is 59.7. The molecule has 0 unspecified atom stereocenters. The molecule has 17 nitrogen and oxygen atoms in total. The van der Waals surface area contributed by atoms with Gasteiger partial charge in [0, 0.05) is 95.4 Å². The topological polar surface area (TPSA) is 191 Å². The van der Waals surface area contributed by atoms with E-state index < -0.39 is 0 Å². The maximum Gasteiger partial charge on any atom is 0.266 e. The predicted octanol–water partition coefficient (Wildman–Crippen LogP) is 2.26. The number of hydrogen-bond donors (Lipinski definition) is 2. The van der Waals surface area contributed by atoms with Crippen LogP contribution in [-0.4, -0.2) is 117 Å². The molecular weight excluding hydrogens is 823 g/mol. The van der Waals surface area contributed by atoms with Crippen molar-refractivity contribution in [3.05, 3.63) is 103 Å². The van der Waals surface area contributed by atoms with Crippen LogP contribution in [0.3, 0.4) is 0 Å². The number of nitrogens with zero attached hydrogens (tertiary/aromatic N) is 11. The van der Waals surface area contributed by atoms with Gasteiger partial charge >= 0.3 is 0 Å². The number of nitrogens with two attached hydrogens (primary N) is 2. The van der Waals surface area contributed by atoms with Gasteiger partial charge in [-0.05, 0) is 69.2 Å². The third-order valence-corrected chi connectivity index (χ3v) is 16.1. The molecular formula is C48H61N13O4. The number of aromatic nitrogens is 5. The number of anilines is 3. The summed E-state index contributed by atoms with van der Waals surface area (Å²) >= 11 is 0. The average Bonchev–Trinajstić information content (AvgIpc) is 4.17. The van der Waals surface area contributed by atoms with Crippen LogP contribution in [0.1, 0.15) is 78.9 Å². The Hall–Kier alpha value is -5.49. The zero-order chi connectivity index (χ0) is 44.8. The van der Waals surface area contributed by atoms with Crippen molar-refractivity contribution in [2.24, 2.45) is 46.4 Å². The summed E-state index contributed by atoms with van der Waals surface area (Å²) in [6.45, 7) is 12.2. The number of benzene rings is 1. The van der Waals surface area contributed by atoms with Gasteiger partial charge in [0.2, 0.25) is 11.9 Å². The molecule has 3 aromatic heterocycles. The standard InChI is InChI=1S/C25H32N6O2.C23H29N7O2/c1-16-21(26)25(15-33-16)8-11-30(12-9-25)24-28-19-13-27-22(20(19)23(32)29(24)2)31-10-7-17-5-3-4-6-18(17)14-31;1-14-19(24)23(13-32-14)6-10-29(11-7-23)22-27-16-12-26-20(18(16)21(31)28(22)2)30-9-5-15-17(30)4-3-8-25-15/h3-6,16,21H,7-15,26H2,1-2H3;3-4,8,14,19H,5-7,9-13,24H2,1-2H3/t16-,21+;14-,19+/m00/s1. The van der Waals surface area contributed by atoms with Crippen LogP contribution in [0.25, 0.3) is 0 Å². The zero-order valence-electron chi connectivity index (χ0n) is 38.1. The molecule has 65 heavy (non-hydrogen) atoms. The van der Waals surface area contributed by atoms with E-state index in [9.17, 15) is 9.59 Å². The van der Waals surface area contributed by atoms with Crippen molar-refractivity contribution in [2.45, 2.75) is 96.3 Å². The zero-order valence-corrected chi connectivity index (χ0v) is 38.1. The molecule has 0 aliphatic carbocycles. The highest BCUT2D eigenvalue weighted by Crippen LogP contribution is 2.43. The van der Waals surface area contributed by atoms with Crippen LogP contribution in [0.4, 0.5) is 17.6 Å². The summed E-state index contributed by atoms with van der Waals surface area (Å²) in [5.41, 5.74) is 20.7. The molecule has 17 heteroatoms. The summed E-state index contributed by atoms with van der Waals surface area (Å²) < 4.78 is 15.1. The first-order valence-electron chi connectivity index (χ1n) is 23.5. The summed E-state index contributed by atoms with van der Waals surface area (Å²) in [6, 6.07) is 12.6. The van der Waals surface area contributed by atoms with Crippen LogP contribution in [0.15, 0.2) is 62.2 Å². The minimum absolute atomic E-state index is 0.0000753. The molecule has 0 bridgehead atoms. The number of pyridine rings is 1. The van der Waals surface area contributed by atoms with Gasteiger partial charge in [-0.3, -0.25) is 33.7 Å². The highest BCUT2D eigenvalue weighted by atomic mass is 16.5. The van der Waals surface area contributed by atoms with Crippen molar-refractivity contribution in [3.63, 3.8) is 0 Å². The van der Waals surface area contributed by atoms with Crippen molar-refractivity contribution in [2.75, 3.05) is 67.2 Å². The van der Waals surface area contributed by atoms with Crippen molar-refractivity contribution in [1.29, 1.82) is 0 Å². The maximum atomic E-state index is 13.5. The van der Waals surface area contributed by atoms with Crippen molar-refractivity contribution >= 4 is 29.3 Å². The van der Waals surface area contributed by atoms with E-state index in [0.717, 1.165) is 144 Å². The lowest BCUT2D eigenvalue weighted by Gasteiger charge is -2.41. The number of rotatable bonds is 2. The van der Waals surface area contributed by atoms with Crippen molar-refractivity contribution in [1.82, 2.24) is 29.0 Å². The van der Waals surface area contributed by atoms with E-state index in [1.54, 1.807) is 9.13 Å². The van der Waals surface area contributed by atoms with Crippen molar-refractivity contribution < 1.29 is 9.47 Å². The van der Waals surface area contributed by atoms with Gasteiger partial charge in [0.05, 0.1) is 61.3 Å². The van der Waals surface area contributed by atoms with Crippen LogP contribution >= 0.6 is 0 Å². The smallest absolute Gasteiger partial charge is 0.266 e. The molecule has 4 atom stereocenters. The molecule has 0 amide bonds. The van der Waals surface area contributed by atoms with E-state index in [0.29, 0.717) is 24.2 Å². The van der Waals surface area contributed by atoms with Gasteiger partial charge in [-0.15, -0.1) is 0 Å². The minimum atomic E-state index is -0.0339. The number of piperidine rings is 2. The normalized spacial score (nSPS) is 25.9. The lowest BCUT2D eigenvalue weighted by Crippen LogP contribution is -2.51. The number of fused-ring (bicyclic) bond motifs is 4. The lowest BCUT2D eigenvalue weighted by molar-refractivity contribution is 0.0972. The molecule has 8 aliphatic heterocycles. The van der Waals surface area contributed by atoms with E-state index in [1.807, 2.05) is 32.4 Å². The largest absolute Gasteiger partial charge is 0.376 e. The average molecular weight is 884 g/mol. The third kappa shape index (κ3) is 6.90. The van der Waals surface area contributed by atoms with Gasteiger partial charge in [0.25, 0.3) is 11.1 Å². The van der Waals surface area contributed by atoms with Crippen LogP contribution in [-0.2, 0) is 56.0 Å². The molecule has 0 saturated carbocycles. The Kier molecular flexibility index (Phi) is 10.5. The molecule has 2 spiro atoms. The Morgan fingerprint density at radius 2 is 1.17 bits per heavy atom. The van der Waals surface area contributed by atoms with Crippen LogP contribution in [0.2, 0.25) is 0 Å². The van der Waals surface area contributed by atoms with Crippen molar-refractivity contribution in [3.8, 4) is 0 Å². The van der Waals surface area contributed by atoms with Crippen LogP contribution in [0, 0.1) is 10.8 Å². The molecule has 8 aliphatic rings. The highest BCUT2D eigenvalue weighted by molar-refractivity contribution is 6.12. The SMILES string of the molecule is C[C@@H]1OCC2(CCN(c3nc4c(c(=O)n3C)C(N3CCc5ccccc5C3)=NC4)CC2)[C@@H]1N.C[C@@H]1OCC2(CCN(c3nc4c(c(=O)n3C)C(N3CCc5ncccc53)=NC4)CC2)[C@@H]1N. The maximum absolute atomic E-state index is 13.5. The molecule has 11 heterocycles. The Morgan fingerprint density at radius 3 is 1.72 bits per heavy atom. The van der Waals surface area contributed by atoms with Gasteiger partial charge in [-0.2, -0.15) is 0 Å². The fraction of sp³-hybridized carbons (Fsp3) is 0.562. The van der Waals surface area contributed by atoms with E-state index >= 15 is 0 Å². The molecule has 12 rings (SSSR count). The molecule has 4 aromatic rings. The van der Waals surface area contributed by atoms with E-state index in [-0.39, 0.29) is 46.2 Å². The van der Waals surface area contributed by atoms with Crippen LogP contribution < -0.4 is 37.3 Å². The molecule has 4 fully saturated rings. The van der Waals surface area contributed by atoms with Gasteiger partial charge in [-0.1, -0.05) is 24.3 Å². The van der Waals surface area contributed by atoms with E-state index in [2.05, 4.69) is 62.7 Å². The highest BCUT2D eigenvalue weighted by Gasteiger charge is 2.49. The van der Waals surface area contributed by atoms with Gasteiger partial charge in [0.1, 0.15) is 22.8 Å². The van der Waals surface area contributed by atoms with Gasteiger partial charge in [-0.25, -0.2) is 9.97 Å². The summed E-state index contributed by atoms with van der Waals surface area (Å²) in [5, 5.41) is 0. The summed E-state index contributed by atoms with van der Waals surface area (Å²) in [7, 11) is 3.65. The second kappa shape index (κ2) is 16.1. The molecule has 342 valence electrons. The Morgan fingerprint density at radius 1 is 0.631 bits per heavy atom. The van der Waals surface area contributed by atoms with Crippen LogP contribution in [0.5, 0.6) is 0 Å². The van der Waals surface area contributed by atoms with Gasteiger partial charge in [0.15, 0.2) is 0 Å². The fourth-order valence-electron chi connectivity index (χ4n) is 11.8. The monoisotopic (exact) mass is 883 g/mol. The molecule has 1 aromatic carbocycles. The number of amidine groups is 2. The first-order chi connectivity index (χ1) is 31.4. The predicted molar refractivity (Wildman–Crippen MR) is 250 cm³/mol. The number of aliphatic imine (C=N–C) groups is 2. The van der Waals surface area contributed by atoms with E-state index in [1.165, 1.54) is 11.1 Å².